The first-order valence-electron chi connectivity index (χ1n) is 10.6. The maximum absolute atomic E-state index is 6.57. The summed E-state index contributed by atoms with van der Waals surface area (Å²) in [5.41, 5.74) is 9.44. The van der Waals surface area contributed by atoms with Gasteiger partial charge in [0.1, 0.15) is 17.5 Å². The number of nitrogen functional groups attached to an aromatic ring is 1. The molecule has 0 spiro atoms. The van der Waals surface area contributed by atoms with Gasteiger partial charge in [-0.15, -0.1) is 0 Å². The highest BCUT2D eigenvalue weighted by molar-refractivity contribution is 5.85. The number of fused-ring (bicyclic) bond motifs is 3. The highest BCUT2D eigenvalue weighted by atomic mass is 16.5. The van der Waals surface area contributed by atoms with E-state index in [2.05, 4.69) is 40.6 Å². The quantitative estimate of drug-likeness (QED) is 0.655. The second-order valence-electron chi connectivity index (χ2n) is 10.1. The van der Waals surface area contributed by atoms with E-state index in [1.165, 1.54) is 12.8 Å². The second kappa shape index (κ2) is 6.56. The first-order chi connectivity index (χ1) is 14.2. The Labute approximate surface area is 177 Å². The maximum atomic E-state index is 6.57. The smallest absolute Gasteiger partial charge is 0.248 e. The van der Waals surface area contributed by atoms with Crippen LogP contribution in [0.3, 0.4) is 0 Å². The third-order valence-electron chi connectivity index (χ3n) is 6.54. The molecule has 2 bridgehead atoms. The molecule has 2 aromatic heterocycles. The molecule has 156 valence electrons. The summed E-state index contributed by atoms with van der Waals surface area (Å²) in [7, 11) is 0. The average molecular weight is 404 g/mol. The van der Waals surface area contributed by atoms with Gasteiger partial charge in [0.25, 0.3) is 0 Å². The summed E-state index contributed by atoms with van der Waals surface area (Å²) in [6, 6.07) is 10.4. The summed E-state index contributed by atoms with van der Waals surface area (Å²) in [6.45, 7) is 10.1. The standard InChI is InChI=1S/C24H29N5O/c1-15-8-9-16-6-5-7-18(20(16)28-15)30-22-19(25)21(26-14-27-22)29-13-24(4)11-17(29)10-23(2,3)12-24/h5-9,14,17H,10-13,25H2,1-4H3. The Bertz CT molecular complexity index is 1130. The van der Waals surface area contributed by atoms with Crippen LogP contribution in [-0.4, -0.2) is 27.5 Å². The zero-order chi connectivity index (χ0) is 21.1. The minimum atomic E-state index is 0.294. The largest absolute Gasteiger partial charge is 0.435 e. The summed E-state index contributed by atoms with van der Waals surface area (Å²) in [5, 5.41) is 1.02. The molecule has 0 radical (unpaired) electrons. The van der Waals surface area contributed by atoms with E-state index >= 15 is 0 Å². The van der Waals surface area contributed by atoms with Gasteiger partial charge in [-0.3, -0.25) is 0 Å². The average Bonchev–Trinajstić information content (AvgIpc) is 2.92. The van der Waals surface area contributed by atoms with Crippen molar-refractivity contribution in [2.75, 3.05) is 17.2 Å². The van der Waals surface area contributed by atoms with Crippen molar-refractivity contribution in [3.63, 3.8) is 0 Å². The normalized spacial score (nSPS) is 24.9. The van der Waals surface area contributed by atoms with Gasteiger partial charge < -0.3 is 15.4 Å². The van der Waals surface area contributed by atoms with Crippen LogP contribution in [-0.2, 0) is 0 Å². The van der Waals surface area contributed by atoms with Crippen LogP contribution < -0.4 is 15.4 Å². The zero-order valence-electron chi connectivity index (χ0n) is 18.1. The number of ether oxygens (including phenoxy) is 1. The lowest BCUT2D eigenvalue weighted by atomic mass is 9.65. The van der Waals surface area contributed by atoms with Crippen molar-refractivity contribution >= 4 is 22.4 Å². The molecule has 2 atom stereocenters. The lowest BCUT2D eigenvalue weighted by Gasteiger charge is -2.39. The molecular weight excluding hydrogens is 374 g/mol. The lowest BCUT2D eigenvalue weighted by molar-refractivity contribution is 0.136. The van der Waals surface area contributed by atoms with Gasteiger partial charge in [-0.25, -0.2) is 9.97 Å². The van der Waals surface area contributed by atoms with Crippen LogP contribution in [0.25, 0.3) is 10.9 Å². The third-order valence-corrected chi connectivity index (χ3v) is 6.54. The lowest BCUT2D eigenvalue weighted by Crippen LogP contribution is -2.35. The fourth-order valence-corrected chi connectivity index (χ4v) is 5.79. The van der Waals surface area contributed by atoms with E-state index in [0.29, 0.717) is 34.2 Å². The number of benzene rings is 1. The number of pyridine rings is 1. The fraction of sp³-hybridized carbons (Fsp3) is 0.458. The highest BCUT2D eigenvalue weighted by Crippen LogP contribution is 2.54. The van der Waals surface area contributed by atoms with E-state index in [0.717, 1.165) is 35.4 Å². The van der Waals surface area contributed by atoms with E-state index in [9.17, 15) is 0 Å². The van der Waals surface area contributed by atoms with Gasteiger partial charge in [0.15, 0.2) is 11.6 Å². The number of nitrogens with two attached hydrogens (primary N) is 1. The molecule has 1 aliphatic carbocycles. The number of hydrogen-bond acceptors (Lipinski definition) is 6. The minimum absolute atomic E-state index is 0.294. The van der Waals surface area contributed by atoms with E-state index in [-0.39, 0.29) is 0 Å². The van der Waals surface area contributed by atoms with Crippen LogP contribution in [0, 0.1) is 17.8 Å². The Kier molecular flexibility index (Phi) is 4.17. The Morgan fingerprint density at radius 3 is 2.77 bits per heavy atom. The molecule has 1 saturated carbocycles. The van der Waals surface area contributed by atoms with Gasteiger partial charge in [0.05, 0.1) is 0 Å². The number of nitrogens with zero attached hydrogens (tertiary/aromatic N) is 4. The molecule has 6 nitrogen and oxygen atoms in total. The van der Waals surface area contributed by atoms with Crippen molar-refractivity contribution in [3.8, 4) is 11.6 Å². The second-order valence-corrected chi connectivity index (χ2v) is 10.1. The monoisotopic (exact) mass is 403 g/mol. The number of hydrogen-bond donors (Lipinski definition) is 1. The van der Waals surface area contributed by atoms with Crippen LogP contribution in [0.5, 0.6) is 11.6 Å². The van der Waals surface area contributed by atoms with Crippen LogP contribution in [0.15, 0.2) is 36.7 Å². The minimum Gasteiger partial charge on any atom is -0.435 e. The van der Waals surface area contributed by atoms with Crippen molar-refractivity contribution in [1.29, 1.82) is 0 Å². The fourth-order valence-electron chi connectivity index (χ4n) is 5.79. The van der Waals surface area contributed by atoms with Gasteiger partial charge in [0, 0.05) is 23.7 Å². The molecule has 1 saturated heterocycles. The summed E-state index contributed by atoms with van der Waals surface area (Å²) in [4.78, 5) is 16.0. The zero-order valence-corrected chi connectivity index (χ0v) is 18.1. The first-order valence-corrected chi connectivity index (χ1v) is 10.6. The number of aryl methyl sites for hydroxylation is 1. The first kappa shape index (κ1) is 19.1. The van der Waals surface area contributed by atoms with Crippen molar-refractivity contribution in [3.05, 3.63) is 42.4 Å². The molecule has 30 heavy (non-hydrogen) atoms. The molecule has 2 unspecified atom stereocenters. The Morgan fingerprint density at radius 1 is 1.10 bits per heavy atom. The predicted octanol–water partition coefficient (Wildman–Crippen LogP) is 5.11. The van der Waals surface area contributed by atoms with Crippen LogP contribution in [0.1, 0.15) is 45.7 Å². The molecule has 6 heteroatoms. The number of para-hydroxylation sites is 1. The summed E-state index contributed by atoms with van der Waals surface area (Å²) in [5.74, 6) is 1.83. The molecule has 2 N–H and O–H groups in total. The van der Waals surface area contributed by atoms with Crippen LogP contribution in [0.4, 0.5) is 11.5 Å². The van der Waals surface area contributed by atoms with E-state index in [4.69, 9.17) is 10.5 Å². The van der Waals surface area contributed by atoms with Gasteiger partial charge in [0.2, 0.25) is 5.88 Å². The van der Waals surface area contributed by atoms with Crippen molar-refractivity contribution < 1.29 is 4.74 Å². The van der Waals surface area contributed by atoms with Crippen molar-refractivity contribution in [2.24, 2.45) is 10.8 Å². The van der Waals surface area contributed by atoms with Gasteiger partial charge >= 0.3 is 0 Å². The van der Waals surface area contributed by atoms with Crippen LogP contribution >= 0.6 is 0 Å². The van der Waals surface area contributed by atoms with Gasteiger partial charge in [-0.2, -0.15) is 4.98 Å². The van der Waals surface area contributed by atoms with E-state index in [1.54, 1.807) is 6.33 Å². The summed E-state index contributed by atoms with van der Waals surface area (Å²) < 4.78 is 6.19. The molecule has 0 amide bonds. The highest BCUT2D eigenvalue weighted by Gasteiger charge is 2.50. The third kappa shape index (κ3) is 3.24. The molecule has 2 fully saturated rings. The van der Waals surface area contributed by atoms with E-state index in [1.807, 2.05) is 37.3 Å². The van der Waals surface area contributed by atoms with Crippen molar-refractivity contribution in [2.45, 2.75) is 53.0 Å². The Morgan fingerprint density at radius 2 is 1.93 bits per heavy atom. The molecule has 1 aliphatic heterocycles. The molecule has 3 aromatic rings. The van der Waals surface area contributed by atoms with Crippen molar-refractivity contribution in [1.82, 2.24) is 15.0 Å². The molecule has 3 heterocycles. The van der Waals surface area contributed by atoms with Gasteiger partial charge in [-0.1, -0.05) is 39.0 Å². The Hall–Kier alpha value is -2.89. The maximum Gasteiger partial charge on any atom is 0.248 e. The molecular formula is C24H29N5O. The number of rotatable bonds is 3. The summed E-state index contributed by atoms with van der Waals surface area (Å²) >= 11 is 0. The van der Waals surface area contributed by atoms with E-state index < -0.39 is 0 Å². The molecule has 1 aromatic carbocycles. The molecule has 5 rings (SSSR count). The molecule has 2 aliphatic rings. The topological polar surface area (TPSA) is 77.2 Å². The van der Waals surface area contributed by atoms with Gasteiger partial charge in [-0.05, 0) is 49.1 Å². The summed E-state index contributed by atoms with van der Waals surface area (Å²) in [6.07, 6.45) is 5.11. The van der Waals surface area contributed by atoms with Crippen LogP contribution in [0.2, 0.25) is 0 Å². The SMILES string of the molecule is Cc1ccc2cccc(Oc3ncnc(N4CC5(C)CC4CC(C)(C)C5)c3N)c2n1. The number of aromatic nitrogens is 3. The number of anilines is 2. The Balaban J connectivity index is 1.50. The predicted molar refractivity (Wildman–Crippen MR) is 120 cm³/mol.